The fourth-order valence-corrected chi connectivity index (χ4v) is 3.47. The maximum absolute atomic E-state index is 12.7. The lowest BCUT2D eigenvalue weighted by Crippen LogP contribution is -2.01. The third-order valence-electron chi connectivity index (χ3n) is 4.64. The van der Waals surface area contributed by atoms with E-state index in [9.17, 15) is 4.79 Å². The van der Waals surface area contributed by atoms with E-state index in [1.807, 2.05) is 12.1 Å². The number of carbonyl (C=O) groups excluding carboxylic acids is 1. The van der Waals surface area contributed by atoms with Gasteiger partial charge in [0, 0.05) is 17.5 Å². The van der Waals surface area contributed by atoms with Gasteiger partial charge in [-0.2, -0.15) is 0 Å². The summed E-state index contributed by atoms with van der Waals surface area (Å²) in [4.78, 5) is 12.7. The maximum atomic E-state index is 12.7. The number of fused-ring (bicyclic) bond motifs is 4. The van der Waals surface area contributed by atoms with Crippen molar-refractivity contribution in [3.8, 4) is 39.9 Å². The summed E-state index contributed by atoms with van der Waals surface area (Å²) in [7, 11) is 4.73. The molecule has 0 bridgehead atoms. The molecule has 1 heterocycles. The van der Waals surface area contributed by atoms with E-state index in [0.29, 0.717) is 47.2 Å². The molecule has 6 heteroatoms. The predicted molar refractivity (Wildman–Crippen MR) is 90.3 cm³/mol. The molecule has 0 atom stereocenters. The van der Waals surface area contributed by atoms with Gasteiger partial charge in [0.05, 0.1) is 21.3 Å². The van der Waals surface area contributed by atoms with Crippen molar-refractivity contribution in [3.63, 3.8) is 0 Å². The number of ketones is 1. The first kappa shape index (κ1) is 15.6. The van der Waals surface area contributed by atoms with Crippen LogP contribution >= 0.6 is 0 Å². The second-order valence-electron chi connectivity index (χ2n) is 5.85. The van der Waals surface area contributed by atoms with Gasteiger partial charge in [-0.25, -0.2) is 0 Å². The van der Waals surface area contributed by atoms with E-state index in [-0.39, 0.29) is 12.6 Å². The number of carbonyl (C=O) groups is 1. The fraction of sp³-hybridized carbons (Fsp3) is 0.316. The molecule has 0 radical (unpaired) electrons. The van der Waals surface area contributed by atoms with Gasteiger partial charge in [-0.05, 0) is 35.7 Å². The number of hydrogen-bond acceptors (Lipinski definition) is 6. The van der Waals surface area contributed by atoms with Crippen LogP contribution in [0.5, 0.6) is 28.7 Å². The second-order valence-corrected chi connectivity index (χ2v) is 5.85. The lowest BCUT2D eigenvalue weighted by molar-refractivity contribution is 0.0984. The molecular formula is C19H18O6. The monoisotopic (exact) mass is 342 g/mol. The van der Waals surface area contributed by atoms with Gasteiger partial charge in [0.2, 0.25) is 12.5 Å². The highest BCUT2D eigenvalue weighted by molar-refractivity contribution is 6.05. The van der Waals surface area contributed by atoms with E-state index in [2.05, 4.69) is 0 Å². The Morgan fingerprint density at radius 3 is 2.12 bits per heavy atom. The fourth-order valence-electron chi connectivity index (χ4n) is 3.47. The van der Waals surface area contributed by atoms with Crippen molar-refractivity contribution in [1.29, 1.82) is 0 Å². The largest absolute Gasteiger partial charge is 0.493 e. The SMILES string of the molecule is COc1cc2c(c(OC)c1OC)CCC(=O)c1cc3c(cc1-2)OCO3. The molecule has 0 saturated carbocycles. The van der Waals surface area contributed by atoms with Gasteiger partial charge >= 0.3 is 0 Å². The van der Waals surface area contributed by atoms with Gasteiger partial charge in [-0.1, -0.05) is 0 Å². The molecule has 0 unspecified atom stereocenters. The summed E-state index contributed by atoms with van der Waals surface area (Å²) in [6.07, 6.45) is 0.935. The maximum Gasteiger partial charge on any atom is 0.231 e. The summed E-state index contributed by atoms with van der Waals surface area (Å²) in [6, 6.07) is 5.50. The summed E-state index contributed by atoms with van der Waals surface area (Å²) in [5.74, 6) is 2.97. The minimum Gasteiger partial charge on any atom is -0.493 e. The van der Waals surface area contributed by atoms with Crippen molar-refractivity contribution in [1.82, 2.24) is 0 Å². The Morgan fingerprint density at radius 2 is 1.48 bits per heavy atom. The molecule has 0 fully saturated rings. The van der Waals surface area contributed by atoms with Gasteiger partial charge in [0.15, 0.2) is 28.8 Å². The molecule has 0 N–H and O–H groups in total. The van der Waals surface area contributed by atoms with E-state index in [4.69, 9.17) is 23.7 Å². The Balaban J connectivity index is 2.04. The van der Waals surface area contributed by atoms with Gasteiger partial charge in [0.1, 0.15) is 0 Å². The van der Waals surface area contributed by atoms with Gasteiger partial charge in [-0.15, -0.1) is 0 Å². The Hall–Kier alpha value is -2.89. The number of benzene rings is 2. The van der Waals surface area contributed by atoms with Crippen LogP contribution in [0.3, 0.4) is 0 Å². The van der Waals surface area contributed by atoms with Crippen LogP contribution in [0, 0.1) is 0 Å². The molecule has 6 nitrogen and oxygen atoms in total. The number of hydrogen-bond donors (Lipinski definition) is 0. The van der Waals surface area contributed by atoms with E-state index in [1.54, 1.807) is 27.4 Å². The Bertz CT molecular complexity index is 871. The average Bonchev–Trinajstić information content (AvgIpc) is 3.05. The van der Waals surface area contributed by atoms with E-state index >= 15 is 0 Å². The second kappa shape index (κ2) is 5.88. The molecule has 0 spiro atoms. The van der Waals surface area contributed by atoms with Crippen molar-refractivity contribution in [2.75, 3.05) is 28.1 Å². The lowest BCUT2D eigenvalue weighted by atomic mass is 9.94. The molecule has 2 aromatic carbocycles. The van der Waals surface area contributed by atoms with Crippen molar-refractivity contribution in [2.24, 2.45) is 0 Å². The molecular weight excluding hydrogens is 324 g/mol. The minimum absolute atomic E-state index is 0.0597. The molecule has 4 rings (SSSR count). The first-order chi connectivity index (χ1) is 12.2. The number of methoxy groups -OCH3 is 3. The van der Waals surface area contributed by atoms with E-state index in [1.165, 1.54) is 0 Å². The third kappa shape index (κ3) is 2.28. The highest BCUT2D eigenvalue weighted by Gasteiger charge is 2.29. The zero-order chi connectivity index (χ0) is 17.6. The topological polar surface area (TPSA) is 63.2 Å². The van der Waals surface area contributed by atoms with Crippen molar-refractivity contribution < 1.29 is 28.5 Å². The average molecular weight is 342 g/mol. The number of rotatable bonds is 3. The molecule has 0 aromatic heterocycles. The molecule has 25 heavy (non-hydrogen) atoms. The number of ether oxygens (including phenoxy) is 5. The summed E-state index contributed by atoms with van der Waals surface area (Å²) in [5.41, 5.74) is 3.22. The normalized spacial score (nSPS) is 14.4. The quantitative estimate of drug-likeness (QED) is 0.853. The zero-order valence-corrected chi connectivity index (χ0v) is 14.3. The van der Waals surface area contributed by atoms with Gasteiger partial charge in [0.25, 0.3) is 0 Å². The van der Waals surface area contributed by atoms with Crippen molar-refractivity contribution in [3.05, 3.63) is 29.3 Å². The Labute approximate surface area is 145 Å². The summed E-state index contributed by atoms with van der Waals surface area (Å²) >= 11 is 0. The van der Waals surface area contributed by atoms with Crippen molar-refractivity contribution >= 4 is 5.78 Å². The van der Waals surface area contributed by atoms with Gasteiger partial charge in [-0.3, -0.25) is 4.79 Å². The van der Waals surface area contributed by atoms with E-state index in [0.717, 1.165) is 16.7 Å². The Kier molecular flexibility index (Phi) is 3.67. The Morgan fingerprint density at radius 1 is 0.800 bits per heavy atom. The smallest absolute Gasteiger partial charge is 0.231 e. The summed E-state index contributed by atoms with van der Waals surface area (Å²) < 4.78 is 27.5. The molecule has 1 aliphatic carbocycles. The van der Waals surface area contributed by atoms with E-state index < -0.39 is 0 Å². The van der Waals surface area contributed by atoms with Crippen LogP contribution in [0.1, 0.15) is 22.3 Å². The summed E-state index contributed by atoms with van der Waals surface area (Å²) in [5, 5.41) is 0. The van der Waals surface area contributed by atoms with Crippen molar-refractivity contribution in [2.45, 2.75) is 12.8 Å². The molecule has 2 aromatic rings. The van der Waals surface area contributed by atoms with Crippen LogP contribution in [0.15, 0.2) is 18.2 Å². The van der Waals surface area contributed by atoms with Crippen LogP contribution in [-0.4, -0.2) is 33.9 Å². The zero-order valence-electron chi connectivity index (χ0n) is 14.3. The highest BCUT2D eigenvalue weighted by atomic mass is 16.7. The lowest BCUT2D eigenvalue weighted by Gasteiger charge is -2.19. The molecule has 1 aliphatic heterocycles. The summed E-state index contributed by atoms with van der Waals surface area (Å²) in [6.45, 7) is 0.161. The van der Waals surface area contributed by atoms with Crippen LogP contribution in [0.25, 0.3) is 11.1 Å². The third-order valence-corrected chi connectivity index (χ3v) is 4.64. The predicted octanol–water partition coefficient (Wildman–Crippen LogP) is 3.24. The minimum atomic E-state index is 0.0597. The van der Waals surface area contributed by atoms with Crippen LogP contribution in [-0.2, 0) is 6.42 Å². The standard InChI is InChI=1S/C19H18O6/c1-21-17-7-11-10(18(22-2)19(17)23-3)4-5-14(20)13-8-16-15(6-12(11)13)24-9-25-16/h6-8H,4-5,9H2,1-3H3. The van der Waals surface area contributed by atoms with Gasteiger partial charge < -0.3 is 23.7 Å². The first-order valence-corrected chi connectivity index (χ1v) is 7.97. The molecule has 130 valence electrons. The molecule has 0 amide bonds. The van der Waals surface area contributed by atoms with Crippen LogP contribution < -0.4 is 23.7 Å². The number of Topliss-reactive ketones (excluding diaryl/α,β-unsaturated/α-hetero) is 1. The first-order valence-electron chi connectivity index (χ1n) is 7.97. The van der Waals surface area contributed by atoms with Crippen LogP contribution in [0.4, 0.5) is 0 Å². The highest BCUT2D eigenvalue weighted by Crippen LogP contribution is 2.49. The van der Waals surface area contributed by atoms with Crippen LogP contribution in [0.2, 0.25) is 0 Å². The molecule has 0 saturated heterocycles. The molecule has 2 aliphatic rings.